The van der Waals surface area contributed by atoms with Gasteiger partial charge in [-0.1, -0.05) is 12.1 Å². The highest BCUT2D eigenvalue weighted by Gasteiger charge is 2.21. The molecule has 1 aliphatic rings. The molecular formula is C20H21F2N3O. The molecule has 6 heteroatoms. The Morgan fingerprint density at radius 1 is 1.08 bits per heavy atom. The van der Waals surface area contributed by atoms with Crippen LogP contribution in [0.4, 0.5) is 8.78 Å². The molecule has 0 saturated carbocycles. The molecule has 0 atom stereocenters. The lowest BCUT2D eigenvalue weighted by Crippen LogP contribution is -2.37. The first kappa shape index (κ1) is 17.1. The van der Waals surface area contributed by atoms with Crippen molar-refractivity contribution in [2.45, 2.75) is 32.1 Å². The van der Waals surface area contributed by atoms with E-state index in [1.165, 1.54) is 6.07 Å². The molecule has 0 radical (unpaired) electrons. The third kappa shape index (κ3) is 3.76. The maximum absolute atomic E-state index is 13.2. The number of hydrogen-bond donors (Lipinski definition) is 0. The Balaban J connectivity index is 1.28. The van der Waals surface area contributed by atoms with Crippen molar-refractivity contribution < 1.29 is 13.5 Å². The summed E-state index contributed by atoms with van der Waals surface area (Å²) in [5.41, 5.74) is 1.77. The van der Waals surface area contributed by atoms with Crippen molar-refractivity contribution in [3.05, 3.63) is 71.8 Å². The van der Waals surface area contributed by atoms with Gasteiger partial charge in [-0.2, -0.15) is 0 Å². The second-order valence-electron chi connectivity index (χ2n) is 6.70. The van der Waals surface area contributed by atoms with E-state index in [0.29, 0.717) is 12.2 Å². The number of nitrogens with zero attached hydrogens (tertiary/aromatic N) is 3. The van der Waals surface area contributed by atoms with Crippen LogP contribution in [0.15, 0.2) is 48.8 Å². The Hall–Kier alpha value is -2.31. The summed E-state index contributed by atoms with van der Waals surface area (Å²) in [6, 6.07) is 9.98. The predicted molar refractivity (Wildman–Crippen MR) is 94.6 cm³/mol. The second-order valence-corrected chi connectivity index (χ2v) is 6.70. The Kier molecular flexibility index (Phi) is 4.95. The number of rotatable bonds is 5. The quantitative estimate of drug-likeness (QED) is 0.696. The Morgan fingerprint density at radius 2 is 1.92 bits per heavy atom. The number of pyridine rings is 1. The van der Waals surface area contributed by atoms with Crippen molar-refractivity contribution in [2.75, 3.05) is 13.1 Å². The number of benzene rings is 1. The summed E-state index contributed by atoms with van der Waals surface area (Å²) in [4.78, 5) is 6.90. The normalized spacial score (nSPS) is 16.4. The van der Waals surface area contributed by atoms with Crippen LogP contribution in [0.1, 0.15) is 24.2 Å². The number of imidazole rings is 1. The summed E-state index contributed by atoms with van der Waals surface area (Å²) in [5, 5.41) is 0. The highest BCUT2D eigenvalue weighted by molar-refractivity contribution is 5.45. The fourth-order valence-electron chi connectivity index (χ4n) is 3.39. The summed E-state index contributed by atoms with van der Waals surface area (Å²) < 4.78 is 34.2. The zero-order chi connectivity index (χ0) is 17.9. The van der Waals surface area contributed by atoms with Crippen LogP contribution in [0, 0.1) is 11.6 Å². The fourth-order valence-corrected chi connectivity index (χ4v) is 3.39. The summed E-state index contributed by atoms with van der Waals surface area (Å²) in [5.74, 6) is -0.608. The molecule has 2 aromatic heterocycles. The standard InChI is InChI=1S/C20H21F2N3O/c21-18-5-4-15(11-19(18)22)14-26-17-6-9-24(10-7-17)13-20-23-12-16-3-1-2-8-25(16)20/h1-5,8,11-12,17H,6-7,9-10,13-14H2. The molecule has 1 aliphatic heterocycles. The average molecular weight is 357 g/mol. The van der Waals surface area contributed by atoms with E-state index in [4.69, 9.17) is 4.74 Å². The van der Waals surface area contributed by atoms with Crippen LogP contribution in [-0.2, 0) is 17.9 Å². The second kappa shape index (κ2) is 7.51. The Bertz CT molecular complexity index is 888. The lowest BCUT2D eigenvalue weighted by atomic mass is 10.1. The van der Waals surface area contributed by atoms with Crippen molar-refractivity contribution in [1.82, 2.24) is 14.3 Å². The molecule has 1 saturated heterocycles. The smallest absolute Gasteiger partial charge is 0.159 e. The number of ether oxygens (including phenoxy) is 1. The highest BCUT2D eigenvalue weighted by Crippen LogP contribution is 2.19. The molecule has 0 N–H and O–H groups in total. The monoisotopic (exact) mass is 357 g/mol. The third-order valence-electron chi connectivity index (χ3n) is 4.88. The van der Waals surface area contributed by atoms with E-state index in [9.17, 15) is 8.78 Å². The highest BCUT2D eigenvalue weighted by atomic mass is 19.2. The van der Waals surface area contributed by atoms with E-state index in [1.807, 2.05) is 24.5 Å². The molecule has 0 bridgehead atoms. The fraction of sp³-hybridized carbons (Fsp3) is 0.350. The molecule has 0 aliphatic carbocycles. The Morgan fingerprint density at radius 3 is 2.73 bits per heavy atom. The third-order valence-corrected chi connectivity index (χ3v) is 4.88. The first-order chi connectivity index (χ1) is 12.7. The van der Waals surface area contributed by atoms with Crippen molar-refractivity contribution in [1.29, 1.82) is 0 Å². The van der Waals surface area contributed by atoms with E-state index >= 15 is 0 Å². The van der Waals surface area contributed by atoms with Crippen molar-refractivity contribution in [2.24, 2.45) is 0 Å². The predicted octanol–water partition coefficient (Wildman–Crippen LogP) is 3.79. The number of likely N-dealkylation sites (tertiary alicyclic amines) is 1. The van der Waals surface area contributed by atoms with Gasteiger partial charge in [0.2, 0.25) is 0 Å². The molecule has 136 valence electrons. The van der Waals surface area contributed by atoms with E-state index < -0.39 is 11.6 Å². The molecule has 0 amide bonds. The minimum Gasteiger partial charge on any atom is -0.373 e. The molecule has 4 rings (SSSR count). The summed E-state index contributed by atoms with van der Waals surface area (Å²) >= 11 is 0. The first-order valence-corrected chi connectivity index (χ1v) is 8.88. The largest absolute Gasteiger partial charge is 0.373 e. The van der Waals surface area contributed by atoms with Gasteiger partial charge in [-0.3, -0.25) is 4.90 Å². The van der Waals surface area contributed by atoms with E-state index in [0.717, 1.165) is 49.9 Å². The van der Waals surface area contributed by atoms with Crippen LogP contribution in [0.3, 0.4) is 0 Å². The van der Waals surface area contributed by atoms with Gasteiger partial charge in [0.1, 0.15) is 5.82 Å². The molecule has 1 aromatic carbocycles. The molecular weight excluding hydrogens is 336 g/mol. The first-order valence-electron chi connectivity index (χ1n) is 8.88. The SMILES string of the molecule is Fc1ccc(COC2CCN(Cc3ncc4ccccn34)CC2)cc1F. The number of hydrogen-bond acceptors (Lipinski definition) is 3. The Labute approximate surface area is 151 Å². The molecule has 0 unspecified atom stereocenters. The van der Waals surface area contributed by atoms with Gasteiger partial charge in [-0.05, 0) is 42.7 Å². The minimum absolute atomic E-state index is 0.149. The summed E-state index contributed by atoms with van der Waals surface area (Å²) in [7, 11) is 0. The van der Waals surface area contributed by atoms with Crippen molar-refractivity contribution in [3.8, 4) is 0 Å². The minimum atomic E-state index is -0.826. The number of piperidine rings is 1. The zero-order valence-corrected chi connectivity index (χ0v) is 14.4. The van der Waals surface area contributed by atoms with Gasteiger partial charge >= 0.3 is 0 Å². The van der Waals surface area contributed by atoms with Gasteiger partial charge in [0, 0.05) is 19.3 Å². The lowest BCUT2D eigenvalue weighted by Gasteiger charge is -2.31. The maximum atomic E-state index is 13.2. The van der Waals surface area contributed by atoms with Crippen LogP contribution in [0.25, 0.3) is 5.52 Å². The van der Waals surface area contributed by atoms with Gasteiger partial charge < -0.3 is 9.14 Å². The number of fused-ring (bicyclic) bond motifs is 1. The summed E-state index contributed by atoms with van der Waals surface area (Å²) in [6.45, 7) is 3.00. The van der Waals surface area contributed by atoms with Crippen LogP contribution in [0.2, 0.25) is 0 Å². The zero-order valence-electron chi connectivity index (χ0n) is 14.4. The van der Waals surface area contributed by atoms with Gasteiger partial charge in [0.05, 0.1) is 31.0 Å². The van der Waals surface area contributed by atoms with Gasteiger partial charge in [0.25, 0.3) is 0 Å². The van der Waals surface area contributed by atoms with E-state index in [2.05, 4.69) is 20.4 Å². The molecule has 0 spiro atoms. The molecule has 3 aromatic rings. The molecule has 26 heavy (non-hydrogen) atoms. The van der Waals surface area contributed by atoms with Gasteiger partial charge in [0.15, 0.2) is 11.6 Å². The van der Waals surface area contributed by atoms with Crippen LogP contribution >= 0.6 is 0 Å². The van der Waals surface area contributed by atoms with E-state index in [-0.39, 0.29) is 6.10 Å². The van der Waals surface area contributed by atoms with Gasteiger partial charge in [-0.15, -0.1) is 0 Å². The number of halogens is 2. The summed E-state index contributed by atoms with van der Waals surface area (Å²) in [6.07, 6.45) is 5.93. The van der Waals surface area contributed by atoms with E-state index in [1.54, 1.807) is 6.07 Å². The number of aromatic nitrogens is 2. The van der Waals surface area contributed by atoms with Crippen LogP contribution in [0.5, 0.6) is 0 Å². The molecule has 4 nitrogen and oxygen atoms in total. The maximum Gasteiger partial charge on any atom is 0.159 e. The van der Waals surface area contributed by atoms with Crippen molar-refractivity contribution >= 4 is 5.52 Å². The lowest BCUT2D eigenvalue weighted by molar-refractivity contribution is -0.00450. The van der Waals surface area contributed by atoms with Crippen LogP contribution < -0.4 is 0 Å². The average Bonchev–Trinajstić information content (AvgIpc) is 3.07. The van der Waals surface area contributed by atoms with Crippen molar-refractivity contribution in [3.63, 3.8) is 0 Å². The van der Waals surface area contributed by atoms with Gasteiger partial charge in [-0.25, -0.2) is 13.8 Å². The van der Waals surface area contributed by atoms with Crippen LogP contribution in [-0.4, -0.2) is 33.5 Å². The molecule has 1 fully saturated rings. The topological polar surface area (TPSA) is 29.8 Å². The molecule has 3 heterocycles.